The van der Waals surface area contributed by atoms with Crippen LogP contribution in [0.25, 0.3) is 0 Å². The van der Waals surface area contributed by atoms with Crippen LogP contribution < -0.4 is 5.32 Å². The van der Waals surface area contributed by atoms with Gasteiger partial charge in [-0.25, -0.2) is 0 Å². The van der Waals surface area contributed by atoms with Gasteiger partial charge >= 0.3 is 0 Å². The van der Waals surface area contributed by atoms with Crippen molar-refractivity contribution < 1.29 is 9.59 Å². The lowest BCUT2D eigenvalue weighted by molar-refractivity contribution is -0.138. The highest BCUT2D eigenvalue weighted by atomic mass is 35.5. The Kier molecular flexibility index (Phi) is 8.20. The highest BCUT2D eigenvalue weighted by molar-refractivity contribution is 7.99. The first kappa shape index (κ1) is 21.3. The van der Waals surface area contributed by atoms with Crippen molar-refractivity contribution in [1.29, 1.82) is 0 Å². The molecule has 1 N–H and O–H groups in total. The molecule has 0 fully saturated rings. The number of benzene rings is 2. The Bertz CT molecular complexity index is 797. The van der Waals surface area contributed by atoms with Gasteiger partial charge < -0.3 is 10.2 Å². The van der Waals surface area contributed by atoms with Crippen LogP contribution in [-0.4, -0.2) is 35.6 Å². The van der Waals surface area contributed by atoms with E-state index in [-0.39, 0.29) is 11.8 Å². The van der Waals surface area contributed by atoms with Crippen molar-refractivity contribution in [3.05, 3.63) is 70.2 Å². The number of likely N-dealkylation sites (N-methyl/N-ethyl adjacent to an activating group) is 1. The predicted octanol–water partition coefficient (Wildman–Crippen LogP) is 4.04. The lowest BCUT2D eigenvalue weighted by Crippen LogP contribution is -2.47. The summed E-state index contributed by atoms with van der Waals surface area (Å²) >= 11 is 7.68. The number of nitrogens with zero attached hydrogens (tertiary/aromatic N) is 1. The zero-order valence-corrected chi connectivity index (χ0v) is 17.4. The second-order valence-corrected chi connectivity index (χ2v) is 7.72. The fraction of sp³-hybridized carbons (Fsp3) is 0.333. The molecule has 0 spiro atoms. The molecule has 0 aliphatic carbocycles. The molecule has 27 heavy (non-hydrogen) atoms. The zero-order chi connectivity index (χ0) is 19.8. The Morgan fingerprint density at radius 2 is 1.74 bits per heavy atom. The van der Waals surface area contributed by atoms with Crippen molar-refractivity contribution in [2.45, 2.75) is 32.2 Å². The molecule has 2 aromatic rings. The minimum Gasteiger partial charge on any atom is -0.357 e. The maximum absolute atomic E-state index is 12.9. The molecule has 0 saturated carbocycles. The highest BCUT2D eigenvalue weighted by Crippen LogP contribution is 2.22. The summed E-state index contributed by atoms with van der Waals surface area (Å²) in [5, 5.41) is 3.33. The van der Waals surface area contributed by atoms with Crippen molar-refractivity contribution in [3.63, 3.8) is 0 Å². The second kappa shape index (κ2) is 10.4. The summed E-state index contributed by atoms with van der Waals surface area (Å²) in [6.07, 6.45) is 0. The van der Waals surface area contributed by atoms with E-state index >= 15 is 0 Å². The molecule has 1 unspecified atom stereocenters. The van der Waals surface area contributed by atoms with Gasteiger partial charge in [-0.15, -0.1) is 11.8 Å². The number of hydrogen-bond donors (Lipinski definition) is 1. The monoisotopic (exact) mass is 404 g/mol. The van der Waals surface area contributed by atoms with Gasteiger partial charge in [-0.2, -0.15) is 0 Å². The van der Waals surface area contributed by atoms with Crippen molar-refractivity contribution in [1.82, 2.24) is 10.2 Å². The summed E-state index contributed by atoms with van der Waals surface area (Å²) in [5.41, 5.74) is 3.14. The Hall–Kier alpha value is -1.98. The smallest absolute Gasteiger partial charge is 0.242 e. The predicted molar refractivity (Wildman–Crippen MR) is 113 cm³/mol. The Balaban J connectivity index is 2.07. The molecule has 0 radical (unpaired) electrons. The van der Waals surface area contributed by atoms with Gasteiger partial charge in [0.15, 0.2) is 0 Å². The molecular formula is C21H25ClN2O2S. The third-order valence-electron chi connectivity index (χ3n) is 4.46. The summed E-state index contributed by atoms with van der Waals surface area (Å²) in [4.78, 5) is 26.7. The summed E-state index contributed by atoms with van der Waals surface area (Å²) in [6, 6.07) is 15.0. The maximum Gasteiger partial charge on any atom is 0.242 e. The van der Waals surface area contributed by atoms with Gasteiger partial charge in [0.2, 0.25) is 11.8 Å². The van der Waals surface area contributed by atoms with Crippen molar-refractivity contribution in [3.8, 4) is 0 Å². The quantitative estimate of drug-likeness (QED) is 0.722. The average Bonchev–Trinajstić information content (AvgIpc) is 2.67. The fourth-order valence-corrected chi connectivity index (χ4v) is 3.91. The van der Waals surface area contributed by atoms with Crippen molar-refractivity contribution in [2.24, 2.45) is 0 Å². The standard InChI is InChI=1S/C21H25ClN2O2S/c1-15-8-4-5-9-17(15)12-24(16(2)21(26)23-3)20(25)14-27-13-18-10-6-7-11-19(18)22/h4-11,16H,12-14H2,1-3H3,(H,23,26). The number of amides is 2. The topological polar surface area (TPSA) is 49.4 Å². The van der Waals surface area contributed by atoms with Gasteiger partial charge in [0.05, 0.1) is 5.75 Å². The lowest BCUT2D eigenvalue weighted by atomic mass is 10.1. The number of nitrogens with one attached hydrogen (secondary N) is 1. The minimum atomic E-state index is -0.539. The van der Waals surface area contributed by atoms with Crippen LogP contribution >= 0.6 is 23.4 Å². The number of aryl methyl sites for hydroxylation is 1. The van der Waals surface area contributed by atoms with E-state index in [0.29, 0.717) is 23.1 Å². The molecule has 4 nitrogen and oxygen atoms in total. The van der Waals surface area contributed by atoms with Crippen LogP contribution in [0.3, 0.4) is 0 Å². The molecule has 0 bridgehead atoms. The van der Waals surface area contributed by atoms with Gasteiger partial charge in [-0.3, -0.25) is 9.59 Å². The summed E-state index contributed by atoms with van der Waals surface area (Å²) in [5.74, 6) is 0.704. The van der Waals surface area contributed by atoms with E-state index in [1.165, 1.54) is 11.8 Å². The van der Waals surface area contributed by atoms with Gasteiger partial charge in [-0.05, 0) is 36.6 Å². The average molecular weight is 405 g/mol. The third kappa shape index (κ3) is 6.01. The largest absolute Gasteiger partial charge is 0.357 e. The minimum absolute atomic E-state index is 0.0635. The van der Waals surface area contributed by atoms with Crippen LogP contribution in [0.15, 0.2) is 48.5 Å². The van der Waals surface area contributed by atoms with Gasteiger partial charge in [0.1, 0.15) is 6.04 Å². The second-order valence-electron chi connectivity index (χ2n) is 6.32. The molecule has 2 rings (SSSR count). The van der Waals surface area contributed by atoms with Crippen LogP contribution in [0.5, 0.6) is 0 Å². The first-order valence-electron chi connectivity index (χ1n) is 8.80. The number of thioether (sulfide) groups is 1. The van der Waals surface area contributed by atoms with Crippen LogP contribution in [0.2, 0.25) is 5.02 Å². The molecule has 144 valence electrons. The van der Waals surface area contributed by atoms with Crippen LogP contribution in [0.4, 0.5) is 0 Å². The number of carbonyl (C=O) groups excluding carboxylic acids is 2. The third-order valence-corrected chi connectivity index (χ3v) is 5.79. The zero-order valence-electron chi connectivity index (χ0n) is 15.9. The molecule has 1 atom stereocenters. The van der Waals surface area contributed by atoms with E-state index in [9.17, 15) is 9.59 Å². The number of rotatable bonds is 8. The molecule has 6 heteroatoms. The number of halogens is 1. The van der Waals surface area contributed by atoms with E-state index in [4.69, 9.17) is 11.6 Å². The van der Waals surface area contributed by atoms with Gasteiger partial charge in [0.25, 0.3) is 0 Å². The van der Waals surface area contributed by atoms with Crippen LogP contribution in [0.1, 0.15) is 23.6 Å². The lowest BCUT2D eigenvalue weighted by Gasteiger charge is -2.29. The molecule has 0 heterocycles. The molecule has 0 aromatic heterocycles. The number of hydrogen-bond acceptors (Lipinski definition) is 3. The van der Waals surface area contributed by atoms with Crippen LogP contribution in [-0.2, 0) is 21.9 Å². The van der Waals surface area contributed by atoms with Gasteiger partial charge in [-0.1, -0.05) is 54.1 Å². The Morgan fingerprint density at radius 3 is 2.37 bits per heavy atom. The van der Waals surface area contributed by atoms with E-state index in [2.05, 4.69) is 5.32 Å². The molecular weight excluding hydrogens is 380 g/mol. The Labute approximate surface area is 170 Å². The van der Waals surface area contributed by atoms with E-state index in [1.54, 1.807) is 18.9 Å². The Morgan fingerprint density at radius 1 is 1.11 bits per heavy atom. The molecule has 2 aromatic carbocycles. The van der Waals surface area contributed by atoms with Gasteiger partial charge in [0, 0.05) is 24.4 Å². The summed E-state index contributed by atoms with van der Waals surface area (Å²) in [7, 11) is 1.58. The summed E-state index contributed by atoms with van der Waals surface area (Å²) < 4.78 is 0. The first-order chi connectivity index (χ1) is 12.9. The van der Waals surface area contributed by atoms with E-state index < -0.39 is 6.04 Å². The summed E-state index contributed by atoms with van der Waals surface area (Å²) in [6.45, 7) is 4.18. The molecule has 2 amide bonds. The molecule has 0 aliphatic heterocycles. The first-order valence-corrected chi connectivity index (χ1v) is 10.3. The SMILES string of the molecule is CNC(=O)C(C)N(Cc1ccccc1C)C(=O)CSCc1ccccc1Cl. The molecule has 0 saturated heterocycles. The van der Waals surface area contributed by atoms with Crippen molar-refractivity contribution >= 4 is 35.2 Å². The maximum atomic E-state index is 12.9. The van der Waals surface area contributed by atoms with E-state index in [0.717, 1.165) is 16.7 Å². The van der Waals surface area contributed by atoms with E-state index in [1.807, 2.05) is 55.5 Å². The highest BCUT2D eigenvalue weighted by Gasteiger charge is 2.25. The number of carbonyl (C=O) groups is 2. The van der Waals surface area contributed by atoms with Crippen molar-refractivity contribution in [2.75, 3.05) is 12.8 Å². The normalized spacial score (nSPS) is 11.7. The van der Waals surface area contributed by atoms with Crippen LogP contribution in [0, 0.1) is 6.92 Å². The molecule has 0 aliphatic rings. The fourth-order valence-electron chi connectivity index (χ4n) is 2.71.